The first-order chi connectivity index (χ1) is 12.8. The standard InChI is InChI=1S/C18H13F3N2O4/c1-25-10-7-8-12(16(24)26-2)14(9-10)27-15-11-5-3-4-6-13(11)22-17(23-15)18(19,20)21/h3-9H,1-2H3. The van der Waals surface area contributed by atoms with Gasteiger partial charge in [0.25, 0.3) is 0 Å². The molecule has 1 heterocycles. The zero-order valence-corrected chi connectivity index (χ0v) is 14.2. The highest BCUT2D eigenvalue weighted by Gasteiger charge is 2.36. The van der Waals surface area contributed by atoms with Crippen LogP contribution in [0, 0.1) is 0 Å². The Hall–Kier alpha value is -3.36. The van der Waals surface area contributed by atoms with E-state index in [2.05, 4.69) is 14.7 Å². The second kappa shape index (κ2) is 7.10. The molecule has 0 N–H and O–H groups in total. The van der Waals surface area contributed by atoms with Gasteiger partial charge in [-0.1, -0.05) is 12.1 Å². The average Bonchev–Trinajstić information content (AvgIpc) is 2.66. The Morgan fingerprint density at radius 3 is 2.44 bits per heavy atom. The number of carbonyl (C=O) groups excluding carboxylic acids is 1. The monoisotopic (exact) mass is 378 g/mol. The van der Waals surface area contributed by atoms with Gasteiger partial charge in [-0.05, 0) is 24.3 Å². The predicted octanol–water partition coefficient (Wildman–Crippen LogP) is 4.24. The molecule has 0 saturated carbocycles. The van der Waals surface area contributed by atoms with E-state index in [1.54, 1.807) is 12.1 Å². The highest BCUT2D eigenvalue weighted by Crippen LogP contribution is 2.35. The number of rotatable bonds is 4. The highest BCUT2D eigenvalue weighted by atomic mass is 19.4. The predicted molar refractivity (Wildman–Crippen MR) is 88.9 cm³/mol. The molecule has 0 amide bonds. The SMILES string of the molecule is COC(=O)c1ccc(OC)cc1Oc1nc(C(F)(F)F)nc2ccccc12. The van der Waals surface area contributed by atoms with Crippen LogP contribution in [0.5, 0.6) is 17.4 Å². The molecule has 0 bridgehead atoms. The lowest BCUT2D eigenvalue weighted by Crippen LogP contribution is -2.12. The molecule has 0 aliphatic rings. The van der Waals surface area contributed by atoms with Crippen LogP contribution >= 0.6 is 0 Å². The number of methoxy groups -OCH3 is 2. The fourth-order valence-corrected chi connectivity index (χ4v) is 2.35. The van der Waals surface area contributed by atoms with E-state index < -0.39 is 18.0 Å². The first-order valence-electron chi connectivity index (χ1n) is 7.61. The van der Waals surface area contributed by atoms with E-state index in [1.807, 2.05) is 0 Å². The Morgan fingerprint density at radius 2 is 1.78 bits per heavy atom. The number of esters is 1. The summed E-state index contributed by atoms with van der Waals surface area (Å²) in [5.41, 5.74) is 0.0619. The van der Waals surface area contributed by atoms with Crippen molar-refractivity contribution < 1.29 is 32.2 Å². The number of hydrogen-bond donors (Lipinski definition) is 0. The molecule has 2 aromatic carbocycles. The molecule has 0 saturated heterocycles. The molecule has 140 valence electrons. The molecule has 0 radical (unpaired) electrons. The Bertz CT molecular complexity index is 1010. The topological polar surface area (TPSA) is 70.5 Å². The number of alkyl halides is 3. The number of aromatic nitrogens is 2. The van der Waals surface area contributed by atoms with Gasteiger partial charge in [-0.3, -0.25) is 0 Å². The Labute approximate surface area is 151 Å². The zero-order chi connectivity index (χ0) is 19.6. The molecule has 27 heavy (non-hydrogen) atoms. The smallest absolute Gasteiger partial charge is 0.451 e. The largest absolute Gasteiger partial charge is 0.497 e. The Kier molecular flexibility index (Phi) is 4.85. The van der Waals surface area contributed by atoms with E-state index in [0.29, 0.717) is 5.75 Å². The average molecular weight is 378 g/mol. The van der Waals surface area contributed by atoms with Crippen LogP contribution in [-0.4, -0.2) is 30.2 Å². The number of benzene rings is 2. The molecule has 0 aliphatic heterocycles. The quantitative estimate of drug-likeness (QED) is 0.633. The minimum Gasteiger partial charge on any atom is -0.497 e. The van der Waals surface area contributed by atoms with Gasteiger partial charge in [0.15, 0.2) is 0 Å². The van der Waals surface area contributed by atoms with Crippen LogP contribution < -0.4 is 9.47 Å². The van der Waals surface area contributed by atoms with Crippen molar-refractivity contribution in [2.45, 2.75) is 6.18 Å². The molecular formula is C18H13F3N2O4. The van der Waals surface area contributed by atoms with Crippen molar-refractivity contribution in [2.75, 3.05) is 14.2 Å². The van der Waals surface area contributed by atoms with Crippen LogP contribution in [-0.2, 0) is 10.9 Å². The molecule has 3 aromatic rings. The van der Waals surface area contributed by atoms with Crippen molar-refractivity contribution in [3.63, 3.8) is 0 Å². The van der Waals surface area contributed by atoms with Crippen molar-refractivity contribution in [3.8, 4) is 17.4 Å². The maximum Gasteiger partial charge on any atom is 0.451 e. The maximum atomic E-state index is 13.1. The van der Waals surface area contributed by atoms with Crippen LogP contribution in [0.2, 0.25) is 0 Å². The number of halogens is 3. The summed E-state index contributed by atoms with van der Waals surface area (Å²) < 4.78 is 54.8. The summed E-state index contributed by atoms with van der Waals surface area (Å²) in [6.45, 7) is 0. The summed E-state index contributed by atoms with van der Waals surface area (Å²) in [6, 6.07) is 10.3. The minimum atomic E-state index is -4.76. The molecule has 1 aromatic heterocycles. The second-order valence-corrected chi connectivity index (χ2v) is 5.32. The number of hydrogen-bond acceptors (Lipinski definition) is 6. The Balaban J connectivity index is 2.18. The first-order valence-corrected chi connectivity index (χ1v) is 7.61. The van der Waals surface area contributed by atoms with Crippen molar-refractivity contribution >= 4 is 16.9 Å². The molecular weight excluding hydrogens is 365 g/mol. The van der Waals surface area contributed by atoms with E-state index in [-0.39, 0.29) is 28.1 Å². The Morgan fingerprint density at radius 1 is 1.04 bits per heavy atom. The van der Waals surface area contributed by atoms with Gasteiger partial charge in [-0.25, -0.2) is 9.78 Å². The van der Waals surface area contributed by atoms with E-state index in [0.717, 1.165) is 0 Å². The third-order valence-electron chi connectivity index (χ3n) is 3.62. The lowest BCUT2D eigenvalue weighted by Gasteiger charge is -2.14. The molecule has 0 aliphatic carbocycles. The molecule has 0 atom stereocenters. The van der Waals surface area contributed by atoms with Crippen LogP contribution in [0.25, 0.3) is 10.9 Å². The number of nitrogens with zero attached hydrogens (tertiary/aromatic N) is 2. The summed E-state index contributed by atoms with van der Waals surface area (Å²) >= 11 is 0. The first kappa shape index (κ1) is 18.4. The summed E-state index contributed by atoms with van der Waals surface area (Å²) in [5, 5.41) is 0.254. The third-order valence-corrected chi connectivity index (χ3v) is 3.62. The van der Waals surface area contributed by atoms with Gasteiger partial charge in [0, 0.05) is 6.07 Å². The second-order valence-electron chi connectivity index (χ2n) is 5.32. The normalized spacial score (nSPS) is 11.3. The van der Waals surface area contributed by atoms with Gasteiger partial charge in [-0.2, -0.15) is 18.2 Å². The summed E-state index contributed by atoms with van der Waals surface area (Å²) in [5.74, 6) is -2.13. The van der Waals surface area contributed by atoms with E-state index in [1.165, 1.54) is 44.6 Å². The van der Waals surface area contributed by atoms with E-state index in [4.69, 9.17) is 9.47 Å². The van der Waals surface area contributed by atoms with Gasteiger partial charge < -0.3 is 14.2 Å². The van der Waals surface area contributed by atoms with Crippen LogP contribution in [0.15, 0.2) is 42.5 Å². The van der Waals surface area contributed by atoms with Crippen molar-refractivity contribution in [1.29, 1.82) is 0 Å². The number of carbonyl (C=O) groups is 1. The summed E-state index contributed by atoms with van der Waals surface area (Å²) in [7, 11) is 2.58. The fourth-order valence-electron chi connectivity index (χ4n) is 2.35. The van der Waals surface area contributed by atoms with Crippen LogP contribution in [0.4, 0.5) is 13.2 Å². The van der Waals surface area contributed by atoms with Crippen molar-refractivity contribution in [2.24, 2.45) is 0 Å². The van der Waals surface area contributed by atoms with Gasteiger partial charge in [0.2, 0.25) is 11.7 Å². The number of para-hydroxylation sites is 1. The maximum absolute atomic E-state index is 13.1. The van der Waals surface area contributed by atoms with Gasteiger partial charge in [-0.15, -0.1) is 0 Å². The van der Waals surface area contributed by atoms with Crippen LogP contribution in [0.3, 0.4) is 0 Å². The highest BCUT2D eigenvalue weighted by molar-refractivity contribution is 5.93. The molecule has 9 heteroatoms. The van der Waals surface area contributed by atoms with E-state index in [9.17, 15) is 18.0 Å². The van der Waals surface area contributed by atoms with Crippen molar-refractivity contribution in [3.05, 3.63) is 53.9 Å². The number of fused-ring (bicyclic) bond motifs is 1. The number of ether oxygens (including phenoxy) is 3. The van der Waals surface area contributed by atoms with Crippen molar-refractivity contribution in [1.82, 2.24) is 9.97 Å². The van der Waals surface area contributed by atoms with Gasteiger partial charge in [0.05, 0.1) is 25.1 Å². The summed E-state index contributed by atoms with van der Waals surface area (Å²) in [6.07, 6.45) is -4.76. The zero-order valence-electron chi connectivity index (χ0n) is 14.2. The molecule has 3 rings (SSSR count). The lowest BCUT2D eigenvalue weighted by atomic mass is 10.2. The van der Waals surface area contributed by atoms with E-state index >= 15 is 0 Å². The molecule has 0 spiro atoms. The molecule has 0 unspecified atom stereocenters. The van der Waals surface area contributed by atoms with Gasteiger partial charge >= 0.3 is 12.1 Å². The fraction of sp³-hybridized carbons (Fsp3) is 0.167. The molecule has 0 fully saturated rings. The minimum absolute atomic E-state index is 0.00884. The summed E-state index contributed by atoms with van der Waals surface area (Å²) in [4.78, 5) is 19.0. The molecule has 6 nitrogen and oxygen atoms in total. The van der Waals surface area contributed by atoms with Gasteiger partial charge in [0.1, 0.15) is 17.1 Å². The van der Waals surface area contributed by atoms with Crippen LogP contribution in [0.1, 0.15) is 16.2 Å². The third kappa shape index (κ3) is 3.76. The lowest BCUT2D eigenvalue weighted by molar-refractivity contribution is -0.144.